The standard InChI is InChI=1S/C18H27N3O2.2ClH/c1-18(13-19)5-6-21(14-18)17(22)16-4-2-3-15(11-16)12-20-7-9-23-10-8-20;;/h2-4,11H,5-10,12-14,19H2,1H3;2*1H. The summed E-state index contributed by atoms with van der Waals surface area (Å²) >= 11 is 0. The Balaban J connectivity index is 0.00000156. The van der Waals surface area contributed by atoms with Gasteiger partial charge in [-0.25, -0.2) is 0 Å². The Hall–Kier alpha value is -0.850. The van der Waals surface area contributed by atoms with E-state index in [9.17, 15) is 4.79 Å². The second kappa shape index (κ2) is 9.74. The zero-order chi connectivity index (χ0) is 16.3. The molecule has 2 aliphatic rings. The number of nitrogens with two attached hydrogens (primary N) is 1. The van der Waals surface area contributed by atoms with Crippen LogP contribution in [0.5, 0.6) is 0 Å². The molecule has 3 rings (SSSR count). The molecule has 0 aromatic heterocycles. The van der Waals surface area contributed by atoms with Gasteiger partial charge in [0.05, 0.1) is 13.2 Å². The highest BCUT2D eigenvalue weighted by atomic mass is 35.5. The molecule has 7 heteroatoms. The molecule has 2 fully saturated rings. The first-order valence-corrected chi connectivity index (χ1v) is 8.48. The second-order valence-corrected chi connectivity index (χ2v) is 7.08. The normalized spacial score (nSPS) is 23.7. The Morgan fingerprint density at radius 2 is 1.96 bits per heavy atom. The van der Waals surface area contributed by atoms with E-state index < -0.39 is 0 Å². The first-order valence-electron chi connectivity index (χ1n) is 8.48. The van der Waals surface area contributed by atoms with Crippen molar-refractivity contribution in [2.24, 2.45) is 11.1 Å². The maximum Gasteiger partial charge on any atom is 0.253 e. The molecule has 142 valence electrons. The van der Waals surface area contributed by atoms with E-state index in [2.05, 4.69) is 17.9 Å². The molecule has 2 aliphatic heterocycles. The van der Waals surface area contributed by atoms with Crippen molar-refractivity contribution in [3.8, 4) is 0 Å². The summed E-state index contributed by atoms with van der Waals surface area (Å²) in [6.45, 7) is 8.75. The lowest BCUT2D eigenvalue weighted by Gasteiger charge is -2.27. The van der Waals surface area contributed by atoms with E-state index in [0.717, 1.165) is 57.9 Å². The number of halogens is 2. The van der Waals surface area contributed by atoms with Crippen LogP contribution in [0.15, 0.2) is 24.3 Å². The van der Waals surface area contributed by atoms with Crippen LogP contribution in [-0.2, 0) is 11.3 Å². The van der Waals surface area contributed by atoms with Gasteiger partial charge in [-0.1, -0.05) is 19.1 Å². The van der Waals surface area contributed by atoms with Gasteiger partial charge >= 0.3 is 0 Å². The summed E-state index contributed by atoms with van der Waals surface area (Å²) in [4.78, 5) is 17.1. The molecule has 0 bridgehead atoms. The molecule has 1 atom stereocenters. The first kappa shape index (κ1) is 22.2. The van der Waals surface area contributed by atoms with Crippen LogP contribution in [0.1, 0.15) is 29.3 Å². The van der Waals surface area contributed by atoms with Crippen molar-refractivity contribution in [1.29, 1.82) is 0 Å². The molecule has 0 radical (unpaired) electrons. The summed E-state index contributed by atoms with van der Waals surface area (Å²) in [6.07, 6.45) is 0.989. The van der Waals surface area contributed by atoms with Crippen molar-refractivity contribution >= 4 is 30.7 Å². The van der Waals surface area contributed by atoms with Gasteiger partial charge in [0.25, 0.3) is 5.91 Å². The zero-order valence-corrected chi connectivity index (χ0v) is 16.4. The molecule has 2 heterocycles. The monoisotopic (exact) mass is 389 g/mol. The van der Waals surface area contributed by atoms with Crippen molar-refractivity contribution < 1.29 is 9.53 Å². The molecule has 5 nitrogen and oxygen atoms in total. The van der Waals surface area contributed by atoms with Crippen LogP contribution < -0.4 is 5.73 Å². The van der Waals surface area contributed by atoms with Crippen LogP contribution in [0, 0.1) is 5.41 Å². The fourth-order valence-corrected chi connectivity index (χ4v) is 3.37. The molecule has 1 amide bonds. The molecule has 1 aromatic rings. The van der Waals surface area contributed by atoms with Gasteiger partial charge in [-0.05, 0) is 36.1 Å². The Kier molecular flexibility index (Phi) is 8.64. The second-order valence-electron chi connectivity index (χ2n) is 7.08. The molecule has 0 saturated carbocycles. The van der Waals surface area contributed by atoms with Gasteiger partial charge in [-0.15, -0.1) is 24.8 Å². The number of nitrogens with zero attached hydrogens (tertiary/aromatic N) is 2. The van der Waals surface area contributed by atoms with Crippen LogP contribution in [0.3, 0.4) is 0 Å². The Morgan fingerprint density at radius 3 is 2.60 bits per heavy atom. The number of amides is 1. The van der Waals surface area contributed by atoms with E-state index in [1.165, 1.54) is 5.56 Å². The molecular formula is C18H29Cl2N3O2. The number of rotatable bonds is 4. The minimum absolute atomic E-state index is 0. The van der Waals surface area contributed by atoms with Gasteiger partial charge in [0.15, 0.2) is 0 Å². The number of ether oxygens (including phenoxy) is 1. The molecule has 25 heavy (non-hydrogen) atoms. The minimum Gasteiger partial charge on any atom is -0.379 e. The summed E-state index contributed by atoms with van der Waals surface area (Å²) < 4.78 is 5.38. The lowest BCUT2D eigenvalue weighted by Crippen LogP contribution is -2.36. The fourth-order valence-electron chi connectivity index (χ4n) is 3.37. The fraction of sp³-hybridized carbons (Fsp3) is 0.611. The summed E-state index contributed by atoms with van der Waals surface area (Å²) in [7, 11) is 0. The summed E-state index contributed by atoms with van der Waals surface area (Å²) in [5, 5.41) is 0. The van der Waals surface area contributed by atoms with Gasteiger partial charge in [0, 0.05) is 38.3 Å². The van der Waals surface area contributed by atoms with Crippen LogP contribution >= 0.6 is 24.8 Å². The van der Waals surface area contributed by atoms with Crippen molar-refractivity contribution in [3.05, 3.63) is 35.4 Å². The smallest absolute Gasteiger partial charge is 0.253 e. The average molecular weight is 390 g/mol. The number of hydrogen-bond acceptors (Lipinski definition) is 4. The predicted molar refractivity (Wildman–Crippen MR) is 105 cm³/mol. The Morgan fingerprint density at radius 1 is 1.24 bits per heavy atom. The van der Waals surface area contributed by atoms with E-state index >= 15 is 0 Å². The topological polar surface area (TPSA) is 58.8 Å². The third kappa shape index (κ3) is 5.56. The summed E-state index contributed by atoms with van der Waals surface area (Å²) in [5.41, 5.74) is 7.90. The largest absolute Gasteiger partial charge is 0.379 e. The van der Waals surface area contributed by atoms with Crippen molar-refractivity contribution in [2.45, 2.75) is 19.9 Å². The van der Waals surface area contributed by atoms with Crippen molar-refractivity contribution in [2.75, 3.05) is 45.9 Å². The molecule has 2 saturated heterocycles. The van der Waals surface area contributed by atoms with Crippen LogP contribution in [-0.4, -0.2) is 61.6 Å². The van der Waals surface area contributed by atoms with Gasteiger partial charge in [-0.2, -0.15) is 0 Å². The quantitative estimate of drug-likeness (QED) is 0.856. The number of hydrogen-bond donors (Lipinski definition) is 1. The van der Waals surface area contributed by atoms with Crippen LogP contribution in [0.4, 0.5) is 0 Å². The third-order valence-corrected chi connectivity index (χ3v) is 5.02. The highest BCUT2D eigenvalue weighted by Gasteiger charge is 2.35. The van der Waals surface area contributed by atoms with Crippen molar-refractivity contribution in [3.63, 3.8) is 0 Å². The number of benzene rings is 1. The number of carbonyl (C=O) groups excluding carboxylic acids is 1. The molecule has 0 aliphatic carbocycles. The molecule has 0 spiro atoms. The maximum absolute atomic E-state index is 12.7. The number of morpholine rings is 1. The molecule has 1 unspecified atom stereocenters. The lowest BCUT2D eigenvalue weighted by atomic mass is 9.90. The van der Waals surface area contributed by atoms with Crippen LogP contribution in [0.25, 0.3) is 0 Å². The van der Waals surface area contributed by atoms with Gasteiger partial charge in [0.1, 0.15) is 0 Å². The predicted octanol–water partition coefficient (Wildman–Crippen LogP) is 2.17. The highest BCUT2D eigenvalue weighted by molar-refractivity contribution is 5.94. The maximum atomic E-state index is 12.7. The van der Waals surface area contributed by atoms with Crippen molar-refractivity contribution in [1.82, 2.24) is 9.80 Å². The first-order chi connectivity index (χ1) is 11.1. The zero-order valence-electron chi connectivity index (χ0n) is 14.8. The summed E-state index contributed by atoms with van der Waals surface area (Å²) in [5.74, 6) is 0.131. The van der Waals surface area contributed by atoms with E-state index in [1.807, 2.05) is 23.1 Å². The minimum atomic E-state index is 0. The highest BCUT2D eigenvalue weighted by Crippen LogP contribution is 2.29. The van der Waals surface area contributed by atoms with E-state index in [4.69, 9.17) is 10.5 Å². The SMILES string of the molecule is CC1(CN)CCN(C(=O)c2cccc(CN3CCOCC3)c2)C1.Cl.Cl. The number of likely N-dealkylation sites (tertiary alicyclic amines) is 1. The van der Waals surface area contributed by atoms with Gasteiger partial charge in [-0.3, -0.25) is 9.69 Å². The summed E-state index contributed by atoms with van der Waals surface area (Å²) in [6, 6.07) is 8.04. The van der Waals surface area contributed by atoms with E-state index in [-0.39, 0.29) is 36.1 Å². The van der Waals surface area contributed by atoms with E-state index in [0.29, 0.717) is 6.54 Å². The van der Waals surface area contributed by atoms with Crippen LogP contribution in [0.2, 0.25) is 0 Å². The third-order valence-electron chi connectivity index (χ3n) is 5.02. The van der Waals surface area contributed by atoms with E-state index in [1.54, 1.807) is 0 Å². The number of carbonyl (C=O) groups is 1. The lowest BCUT2D eigenvalue weighted by molar-refractivity contribution is 0.0341. The molecule has 2 N–H and O–H groups in total. The molecule has 1 aromatic carbocycles. The molecular weight excluding hydrogens is 361 g/mol. The Bertz CT molecular complexity index is 567. The van der Waals surface area contributed by atoms with Gasteiger partial charge < -0.3 is 15.4 Å². The Labute approximate surface area is 162 Å². The average Bonchev–Trinajstić information content (AvgIpc) is 2.98. The van der Waals surface area contributed by atoms with Gasteiger partial charge in [0.2, 0.25) is 0 Å².